The molecule has 0 saturated heterocycles. The molecular formula is C22H26O4. The Hall–Kier alpha value is -2.17. The van der Waals surface area contributed by atoms with E-state index in [9.17, 15) is 15.0 Å². The van der Waals surface area contributed by atoms with Gasteiger partial charge in [0.2, 0.25) is 0 Å². The second-order valence-electron chi connectivity index (χ2n) is 7.19. The molecule has 3 unspecified atom stereocenters. The molecule has 2 N–H and O–H groups in total. The monoisotopic (exact) mass is 354 g/mol. The summed E-state index contributed by atoms with van der Waals surface area (Å²) >= 11 is 0. The van der Waals surface area contributed by atoms with Crippen molar-refractivity contribution in [1.29, 1.82) is 0 Å². The molecule has 26 heavy (non-hydrogen) atoms. The van der Waals surface area contributed by atoms with Gasteiger partial charge < -0.3 is 14.9 Å². The number of aliphatic hydroxyl groups excluding tert-OH is 2. The first-order valence-corrected chi connectivity index (χ1v) is 9.18. The van der Waals surface area contributed by atoms with Crippen molar-refractivity contribution in [2.24, 2.45) is 5.92 Å². The summed E-state index contributed by atoms with van der Waals surface area (Å²) in [6, 6.07) is 15.6. The van der Waals surface area contributed by atoms with E-state index in [4.69, 9.17) is 4.74 Å². The van der Waals surface area contributed by atoms with Crippen molar-refractivity contribution in [3.05, 3.63) is 65.2 Å². The van der Waals surface area contributed by atoms with Gasteiger partial charge in [-0.2, -0.15) is 0 Å². The van der Waals surface area contributed by atoms with E-state index >= 15 is 0 Å². The van der Waals surface area contributed by atoms with Crippen molar-refractivity contribution < 1.29 is 19.7 Å². The molecule has 4 heteroatoms. The topological polar surface area (TPSA) is 66.8 Å². The predicted octanol–water partition coefficient (Wildman–Crippen LogP) is 3.38. The molecule has 2 aromatic carbocycles. The van der Waals surface area contributed by atoms with Gasteiger partial charge in [-0.1, -0.05) is 42.5 Å². The standard InChI is InChI=1S/C22H26O4/c1-15(24)18-8-6-16(7-9-18)10-19-4-2-3-5-22(19)26-21-12-17(14-23)11-20(25)13-21/h2-9,17,20-21,23,25H,10-14H2,1H3. The maximum absolute atomic E-state index is 11.4. The Bertz CT molecular complexity index is 738. The molecule has 0 aliphatic heterocycles. The van der Waals surface area contributed by atoms with Gasteiger partial charge in [0, 0.05) is 25.0 Å². The number of carbonyl (C=O) groups is 1. The van der Waals surface area contributed by atoms with E-state index in [0.717, 1.165) is 23.3 Å². The molecule has 4 nitrogen and oxygen atoms in total. The number of carbonyl (C=O) groups excluding carboxylic acids is 1. The van der Waals surface area contributed by atoms with Gasteiger partial charge in [-0.3, -0.25) is 4.79 Å². The van der Waals surface area contributed by atoms with Crippen molar-refractivity contribution in [3.8, 4) is 5.75 Å². The molecule has 1 aliphatic carbocycles. The third-order valence-electron chi connectivity index (χ3n) is 5.02. The highest BCUT2D eigenvalue weighted by atomic mass is 16.5. The van der Waals surface area contributed by atoms with Crippen LogP contribution in [0.5, 0.6) is 5.75 Å². The number of hydrogen-bond donors (Lipinski definition) is 2. The van der Waals surface area contributed by atoms with Crippen LogP contribution >= 0.6 is 0 Å². The van der Waals surface area contributed by atoms with E-state index in [1.54, 1.807) is 6.92 Å². The first-order chi connectivity index (χ1) is 12.5. The zero-order chi connectivity index (χ0) is 18.5. The molecule has 1 saturated carbocycles. The molecule has 2 aromatic rings. The molecule has 138 valence electrons. The number of para-hydroxylation sites is 1. The fourth-order valence-corrected chi connectivity index (χ4v) is 3.62. The quantitative estimate of drug-likeness (QED) is 0.781. The highest BCUT2D eigenvalue weighted by Crippen LogP contribution is 2.30. The summed E-state index contributed by atoms with van der Waals surface area (Å²) in [5.41, 5.74) is 2.90. The lowest BCUT2D eigenvalue weighted by molar-refractivity contribution is 0.0103. The first-order valence-electron chi connectivity index (χ1n) is 9.18. The van der Waals surface area contributed by atoms with Crippen LogP contribution in [0.15, 0.2) is 48.5 Å². The van der Waals surface area contributed by atoms with Gasteiger partial charge in [0.15, 0.2) is 5.78 Å². The van der Waals surface area contributed by atoms with Crippen molar-refractivity contribution in [2.75, 3.05) is 6.61 Å². The molecule has 0 amide bonds. The van der Waals surface area contributed by atoms with Gasteiger partial charge in [-0.25, -0.2) is 0 Å². The molecular weight excluding hydrogens is 328 g/mol. The number of Topliss-reactive ketones (excluding diaryl/α,β-unsaturated/α-hetero) is 1. The van der Waals surface area contributed by atoms with Crippen LogP contribution in [0.2, 0.25) is 0 Å². The number of hydrogen-bond acceptors (Lipinski definition) is 4. The maximum Gasteiger partial charge on any atom is 0.159 e. The largest absolute Gasteiger partial charge is 0.490 e. The van der Waals surface area contributed by atoms with E-state index in [1.807, 2.05) is 48.5 Å². The van der Waals surface area contributed by atoms with E-state index in [-0.39, 0.29) is 24.4 Å². The number of benzene rings is 2. The Morgan fingerprint density at radius 2 is 1.81 bits per heavy atom. The van der Waals surface area contributed by atoms with Crippen LogP contribution in [0.25, 0.3) is 0 Å². The summed E-state index contributed by atoms with van der Waals surface area (Å²) in [7, 11) is 0. The highest BCUT2D eigenvalue weighted by Gasteiger charge is 2.29. The second kappa shape index (κ2) is 8.47. The summed E-state index contributed by atoms with van der Waals surface area (Å²) < 4.78 is 6.20. The minimum Gasteiger partial charge on any atom is -0.490 e. The van der Waals surface area contributed by atoms with Gasteiger partial charge >= 0.3 is 0 Å². The molecule has 1 fully saturated rings. The van der Waals surface area contributed by atoms with Crippen LogP contribution in [0.3, 0.4) is 0 Å². The minimum absolute atomic E-state index is 0.0644. The van der Waals surface area contributed by atoms with Crippen molar-refractivity contribution >= 4 is 5.78 Å². The highest BCUT2D eigenvalue weighted by molar-refractivity contribution is 5.94. The molecule has 0 aromatic heterocycles. The van der Waals surface area contributed by atoms with Gasteiger partial charge in [0.05, 0.1) is 6.10 Å². The minimum atomic E-state index is -0.419. The van der Waals surface area contributed by atoms with E-state index in [2.05, 4.69) is 0 Å². The fraction of sp³-hybridized carbons (Fsp3) is 0.409. The van der Waals surface area contributed by atoms with Crippen LogP contribution in [-0.2, 0) is 6.42 Å². The van der Waals surface area contributed by atoms with E-state index in [1.165, 1.54) is 0 Å². The van der Waals surface area contributed by atoms with Crippen LogP contribution in [0, 0.1) is 5.92 Å². The maximum atomic E-state index is 11.4. The number of ether oxygens (including phenoxy) is 1. The van der Waals surface area contributed by atoms with Gasteiger partial charge in [0.25, 0.3) is 0 Å². The summed E-state index contributed by atoms with van der Waals surface area (Å²) in [5.74, 6) is 0.976. The first kappa shape index (κ1) is 18.6. The lowest BCUT2D eigenvalue weighted by atomic mass is 9.86. The van der Waals surface area contributed by atoms with E-state index < -0.39 is 6.10 Å². The van der Waals surface area contributed by atoms with E-state index in [0.29, 0.717) is 24.8 Å². The molecule has 0 spiro atoms. The van der Waals surface area contributed by atoms with Crippen molar-refractivity contribution in [2.45, 2.75) is 44.8 Å². The Labute approximate surface area is 154 Å². The Balaban J connectivity index is 1.72. The van der Waals surface area contributed by atoms with Crippen LogP contribution in [-0.4, -0.2) is 34.8 Å². The Morgan fingerprint density at radius 3 is 2.50 bits per heavy atom. The lowest BCUT2D eigenvalue weighted by Crippen LogP contribution is -2.34. The molecule has 0 bridgehead atoms. The SMILES string of the molecule is CC(=O)c1ccc(Cc2ccccc2OC2CC(O)CC(CO)C2)cc1. The molecule has 0 radical (unpaired) electrons. The van der Waals surface area contributed by atoms with Crippen molar-refractivity contribution in [3.63, 3.8) is 0 Å². The predicted molar refractivity (Wildman–Crippen MR) is 101 cm³/mol. The van der Waals surface area contributed by atoms with Gasteiger partial charge in [-0.05, 0) is 42.9 Å². The van der Waals surface area contributed by atoms with Crippen molar-refractivity contribution in [1.82, 2.24) is 0 Å². The summed E-state index contributed by atoms with van der Waals surface area (Å²) in [4.78, 5) is 11.4. The average Bonchev–Trinajstić information content (AvgIpc) is 2.63. The summed E-state index contributed by atoms with van der Waals surface area (Å²) in [5, 5.41) is 19.4. The molecule has 1 aliphatic rings. The third kappa shape index (κ3) is 4.71. The van der Waals surface area contributed by atoms with Crippen LogP contribution < -0.4 is 4.74 Å². The van der Waals surface area contributed by atoms with Gasteiger partial charge in [-0.15, -0.1) is 0 Å². The Kier molecular flexibility index (Phi) is 6.07. The fourth-order valence-electron chi connectivity index (χ4n) is 3.62. The molecule has 3 rings (SSSR count). The number of rotatable bonds is 6. The van der Waals surface area contributed by atoms with Crippen LogP contribution in [0.4, 0.5) is 0 Å². The van der Waals surface area contributed by atoms with Gasteiger partial charge in [0.1, 0.15) is 11.9 Å². The lowest BCUT2D eigenvalue weighted by Gasteiger charge is -2.32. The number of aliphatic hydroxyl groups is 2. The molecule has 3 atom stereocenters. The normalized spacial score (nSPS) is 22.8. The van der Waals surface area contributed by atoms with Crippen LogP contribution in [0.1, 0.15) is 47.7 Å². The summed E-state index contributed by atoms with van der Waals surface area (Å²) in [6.07, 6.45) is 2.20. The third-order valence-corrected chi connectivity index (χ3v) is 5.02. The second-order valence-corrected chi connectivity index (χ2v) is 7.19. The molecule has 0 heterocycles. The smallest absolute Gasteiger partial charge is 0.159 e. The summed E-state index contributed by atoms with van der Waals surface area (Å²) in [6.45, 7) is 1.65. The zero-order valence-electron chi connectivity index (χ0n) is 15.1. The zero-order valence-corrected chi connectivity index (χ0v) is 15.1. The number of ketones is 1. The average molecular weight is 354 g/mol. The Morgan fingerprint density at radius 1 is 1.08 bits per heavy atom.